The molecule has 0 radical (unpaired) electrons. The lowest BCUT2D eigenvalue weighted by molar-refractivity contribution is -0.147. The Labute approximate surface area is 229 Å². The van der Waals surface area contributed by atoms with Crippen LogP contribution in [0.2, 0.25) is 0 Å². The Kier molecular flexibility index (Phi) is 9.97. The first-order valence-electron chi connectivity index (χ1n) is 12.6. The monoisotopic (exact) mass is 555 g/mol. The predicted molar refractivity (Wildman–Crippen MR) is 143 cm³/mol. The first-order chi connectivity index (χ1) is 19.0. The third kappa shape index (κ3) is 7.89. The molecule has 14 nitrogen and oxygen atoms in total. The molecule has 4 atom stereocenters. The summed E-state index contributed by atoms with van der Waals surface area (Å²) in [5.41, 5.74) is 8.27. The molecule has 3 rings (SSSR count). The molecular weight excluding hydrogens is 522 g/mol. The molecule has 0 saturated heterocycles. The molecule has 0 aliphatic carbocycles. The van der Waals surface area contributed by atoms with Crippen molar-refractivity contribution in [2.24, 2.45) is 11.7 Å². The summed E-state index contributed by atoms with van der Waals surface area (Å²) < 4.78 is 0. The average Bonchev–Trinajstić information content (AvgIpc) is 3.55. The average molecular weight is 556 g/mol. The maximum absolute atomic E-state index is 13.5. The van der Waals surface area contributed by atoms with Gasteiger partial charge in [0, 0.05) is 41.8 Å². The normalized spacial score (nSPS) is 14.2. The van der Waals surface area contributed by atoms with Crippen molar-refractivity contribution in [3.8, 4) is 0 Å². The number of rotatable bonds is 14. The van der Waals surface area contributed by atoms with Gasteiger partial charge in [0.2, 0.25) is 17.7 Å². The highest BCUT2D eigenvalue weighted by Gasteiger charge is 2.33. The number of carbonyl (C=O) groups excluding carboxylic acids is 3. The molecule has 3 aromatic rings. The molecule has 0 fully saturated rings. The summed E-state index contributed by atoms with van der Waals surface area (Å²) in [7, 11) is 0. The molecule has 0 saturated carbocycles. The number of hydrogen-bond donors (Lipinski definition) is 8. The second-order valence-electron chi connectivity index (χ2n) is 9.74. The number of H-pyrrole nitrogens is 2. The molecule has 40 heavy (non-hydrogen) atoms. The van der Waals surface area contributed by atoms with E-state index in [4.69, 9.17) is 10.8 Å². The molecular formula is C26H33N7O7. The van der Waals surface area contributed by atoms with Gasteiger partial charge in [-0.15, -0.1) is 0 Å². The zero-order valence-electron chi connectivity index (χ0n) is 22.0. The van der Waals surface area contributed by atoms with Crippen molar-refractivity contribution in [2.45, 2.75) is 57.3 Å². The Morgan fingerprint density at radius 1 is 0.925 bits per heavy atom. The van der Waals surface area contributed by atoms with Crippen LogP contribution >= 0.6 is 0 Å². The number of amides is 3. The van der Waals surface area contributed by atoms with E-state index >= 15 is 0 Å². The van der Waals surface area contributed by atoms with E-state index in [9.17, 15) is 29.1 Å². The van der Waals surface area contributed by atoms with Gasteiger partial charge in [-0.1, -0.05) is 32.0 Å². The van der Waals surface area contributed by atoms with Crippen LogP contribution in [0, 0.1) is 5.92 Å². The smallest absolute Gasteiger partial charge is 0.326 e. The van der Waals surface area contributed by atoms with Gasteiger partial charge in [-0.2, -0.15) is 0 Å². The highest BCUT2D eigenvalue weighted by molar-refractivity contribution is 5.95. The molecule has 2 heterocycles. The number of nitrogens with one attached hydrogen (secondary N) is 5. The number of nitrogens with zero attached hydrogens (tertiary/aromatic N) is 1. The number of aromatic nitrogens is 3. The van der Waals surface area contributed by atoms with Crippen molar-refractivity contribution in [1.29, 1.82) is 0 Å². The molecule has 3 amide bonds. The molecule has 0 aliphatic rings. The van der Waals surface area contributed by atoms with E-state index in [2.05, 4.69) is 30.9 Å². The van der Waals surface area contributed by atoms with Crippen molar-refractivity contribution >= 4 is 40.6 Å². The van der Waals surface area contributed by atoms with Gasteiger partial charge in [0.15, 0.2) is 0 Å². The topological polar surface area (TPSA) is 232 Å². The number of carbonyl (C=O) groups is 5. The van der Waals surface area contributed by atoms with Crippen LogP contribution in [0.5, 0.6) is 0 Å². The minimum Gasteiger partial charge on any atom is -0.481 e. The minimum atomic E-state index is -1.69. The molecule has 1 aromatic carbocycles. The second-order valence-corrected chi connectivity index (χ2v) is 9.74. The minimum absolute atomic E-state index is 0.0571. The molecule has 2 aromatic heterocycles. The van der Waals surface area contributed by atoms with Crippen LogP contribution in [0.3, 0.4) is 0 Å². The summed E-state index contributed by atoms with van der Waals surface area (Å²) in [6.45, 7) is 3.26. The fourth-order valence-electron chi connectivity index (χ4n) is 4.16. The number of para-hydroxylation sites is 1. The molecule has 0 spiro atoms. The SMILES string of the molecule is CC(C)C(NC(=O)C(Cc1c[nH]c2ccccc12)NC(=O)C(N)Cc1cnc[nH]1)C(=O)NC(CC(=O)O)C(=O)O. The molecule has 14 heteroatoms. The fraction of sp³-hybridized carbons (Fsp3) is 0.385. The van der Waals surface area contributed by atoms with Crippen LogP contribution in [-0.2, 0) is 36.8 Å². The van der Waals surface area contributed by atoms with E-state index in [1.165, 1.54) is 12.5 Å². The number of carboxylic acids is 2. The van der Waals surface area contributed by atoms with Gasteiger partial charge < -0.3 is 41.9 Å². The van der Waals surface area contributed by atoms with Crippen LogP contribution in [0.15, 0.2) is 43.0 Å². The van der Waals surface area contributed by atoms with Crippen molar-refractivity contribution in [2.75, 3.05) is 0 Å². The first kappa shape index (κ1) is 29.8. The lowest BCUT2D eigenvalue weighted by Gasteiger charge is -2.27. The van der Waals surface area contributed by atoms with Gasteiger partial charge in [-0.3, -0.25) is 19.2 Å². The van der Waals surface area contributed by atoms with E-state index in [-0.39, 0.29) is 12.8 Å². The number of hydrogen-bond acceptors (Lipinski definition) is 7. The zero-order valence-corrected chi connectivity index (χ0v) is 22.0. The number of benzene rings is 1. The quantitative estimate of drug-likeness (QED) is 0.130. The van der Waals surface area contributed by atoms with E-state index in [1.54, 1.807) is 20.0 Å². The van der Waals surface area contributed by atoms with Crippen LogP contribution in [0.4, 0.5) is 0 Å². The van der Waals surface area contributed by atoms with Gasteiger partial charge in [0.1, 0.15) is 18.1 Å². The Hall–Kier alpha value is -4.72. The van der Waals surface area contributed by atoms with E-state index in [0.717, 1.165) is 16.5 Å². The Balaban J connectivity index is 1.81. The van der Waals surface area contributed by atoms with Crippen molar-refractivity contribution < 1.29 is 34.2 Å². The largest absolute Gasteiger partial charge is 0.481 e. The molecule has 0 aliphatic heterocycles. The highest BCUT2D eigenvalue weighted by Crippen LogP contribution is 2.19. The summed E-state index contributed by atoms with van der Waals surface area (Å²) in [6, 6.07) is 2.35. The third-order valence-electron chi connectivity index (χ3n) is 6.30. The first-order valence-corrected chi connectivity index (χ1v) is 12.6. The van der Waals surface area contributed by atoms with E-state index in [0.29, 0.717) is 5.69 Å². The van der Waals surface area contributed by atoms with Crippen LogP contribution in [0.25, 0.3) is 10.9 Å². The van der Waals surface area contributed by atoms with Crippen molar-refractivity contribution in [3.63, 3.8) is 0 Å². The Bertz CT molecular complexity index is 1350. The number of aliphatic carboxylic acids is 2. The summed E-state index contributed by atoms with van der Waals surface area (Å²) in [5, 5.41) is 26.6. The van der Waals surface area contributed by atoms with E-state index in [1.807, 2.05) is 24.3 Å². The number of imidazole rings is 1. The standard InChI is InChI=1S/C26H33N7O7/c1-13(2)22(25(38)32-20(26(39)40)9-21(34)35)33-24(37)19(7-14-10-29-18-6-4-3-5-16(14)18)31-23(36)17(27)8-15-11-28-12-30-15/h3-6,10-13,17,19-20,22,29H,7-9,27H2,1-2H3,(H,28,30)(H,31,36)(H,32,38)(H,33,37)(H,34,35)(H,39,40). The lowest BCUT2D eigenvalue weighted by Crippen LogP contribution is -2.59. The van der Waals surface area contributed by atoms with Crippen LogP contribution < -0.4 is 21.7 Å². The Morgan fingerprint density at radius 2 is 1.62 bits per heavy atom. The lowest BCUT2D eigenvalue weighted by atomic mass is 9.99. The molecule has 0 bridgehead atoms. The zero-order chi connectivity index (χ0) is 29.4. The number of nitrogens with two attached hydrogens (primary N) is 1. The second kappa shape index (κ2) is 13.4. The van der Waals surface area contributed by atoms with Gasteiger partial charge in [-0.25, -0.2) is 9.78 Å². The highest BCUT2D eigenvalue weighted by atomic mass is 16.4. The maximum atomic E-state index is 13.5. The summed E-state index contributed by atoms with van der Waals surface area (Å²) in [5.74, 6) is -5.62. The molecule has 9 N–H and O–H groups in total. The number of aromatic amines is 2. The fourth-order valence-corrected chi connectivity index (χ4v) is 4.16. The maximum Gasteiger partial charge on any atom is 0.326 e. The van der Waals surface area contributed by atoms with Gasteiger partial charge in [0.05, 0.1) is 18.8 Å². The summed E-state index contributed by atoms with van der Waals surface area (Å²) >= 11 is 0. The number of fused-ring (bicyclic) bond motifs is 1. The van der Waals surface area contributed by atoms with Crippen LogP contribution in [-0.4, -0.2) is 79.0 Å². The van der Waals surface area contributed by atoms with Crippen molar-refractivity contribution in [3.05, 3.63) is 54.2 Å². The van der Waals surface area contributed by atoms with Crippen molar-refractivity contribution in [1.82, 2.24) is 30.9 Å². The summed E-state index contributed by atoms with van der Waals surface area (Å²) in [4.78, 5) is 71.8. The Morgan fingerprint density at radius 3 is 2.25 bits per heavy atom. The van der Waals surface area contributed by atoms with Gasteiger partial charge >= 0.3 is 11.9 Å². The van der Waals surface area contributed by atoms with Gasteiger partial charge in [0.25, 0.3) is 0 Å². The third-order valence-corrected chi connectivity index (χ3v) is 6.30. The van der Waals surface area contributed by atoms with Crippen LogP contribution in [0.1, 0.15) is 31.5 Å². The molecule has 214 valence electrons. The van der Waals surface area contributed by atoms with Gasteiger partial charge in [-0.05, 0) is 17.5 Å². The molecule has 4 unspecified atom stereocenters. The van der Waals surface area contributed by atoms with E-state index < -0.39 is 66.2 Å². The predicted octanol–water partition coefficient (Wildman–Crippen LogP) is -0.327. The number of carboxylic acid groups (broad SMARTS) is 2. The summed E-state index contributed by atoms with van der Waals surface area (Å²) in [6.07, 6.45) is 4.07.